The molecule has 1 atom stereocenters. The number of carbonyl (C=O) groups excluding carboxylic acids is 2. The number of ether oxygens (including phenoxy) is 3. The number of ketones is 1. The molecule has 1 saturated heterocycles. The van der Waals surface area contributed by atoms with E-state index in [1.807, 2.05) is 45.0 Å². The number of benzene rings is 3. The van der Waals surface area contributed by atoms with Crippen LogP contribution in [0.1, 0.15) is 43.5 Å². The number of phenols is 1. The van der Waals surface area contributed by atoms with Gasteiger partial charge in [0.25, 0.3) is 11.7 Å². The van der Waals surface area contributed by atoms with Crippen molar-refractivity contribution in [3.05, 3.63) is 89.0 Å². The van der Waals surface area contributed by atoms with E-state index in [4.69, 9.17) is 14.2 Å². The van der Waals surface area contributed by atoms with Crippen LogP contribution in [0.2, 0.25) is 0 Å². The Morgan fingerprint density at radius 3 is 2.26 bits per heavy atom. The van der Waals surface area contributed by atoms with Crippen LogP contribution in [-0.2, 0) is 16.1 Å². The summed E-state index contributed by atoms with van der Waals surface area (Å²) in [6, 6.07) is 17.6. The molecule has 5 rings (SSSR count). The lowest BCUT2D eigenvalue weighted by molar-refractivity contribution is -0.140. The molecule has 0 bridgehead atoms. The number of hydrogen-bond donors (Lipinski definition) is 2. The van der Waals surface area contributed by atoms with Gasteiger partial charge in [0.05, 0.1) is 11.6 Å². The van der Waals surface area contributed by atoms with Crippen molar-refractivity contribution in [1.82, 2.24) is 4.90 Å². The third-order valence-corrected chi connectivity index (χ3v) is 6.26. The van der Waals surface area contributed by atoms with Crippen molar-refractivity contribution in [2.24, 2.45) is 0 Å². The van der Waals surface area contributed by atoms with E-state index < -0.39 is 17.7 Å². The monoisotopic (exact) mass is 515 g/mol. The average molecular weight is 516 g/mol. The maximum Gasteiger partial charge on any atom is 0.295 e. The van der Waals surface area contributed by atoms with Crippen LogP contribution in [0.4, 0.5) is 0 Å². The Morgan fingerprint density at radius 1 is 0.947 bits per heavy atom. The van der Waals surface area contributed by atoms with Crippen molar-refractivity contribution in [3.8, 4) is 23.0 Å². The van der Waals surface area contributed by atoms with E-state index in [0.717, 1.165) is 5.56 Å². The van der Waals surface area contributed by atoms with Crippen LogP contribution in [-0.4, -0.2) is 45.6 Å². The predicted molar refractivity (Wildman–Crippen MR) is 140 cm³/mol. The number of aliphatic hydroxyl groups is 1. The molecule has 1 fully saturated rings. The number of aromatic hydroxyl groups is 1. The largest absolute Gasteiger partial charge is 0.508 e. The van der Waals surface area contributed by atoms with Crippen molar-refractivity contribution in [1.29, 1.82) is 0 Å². The van der Waals surface area contributed by atoms with E-state index in [2.05, 4.69) is 0 Å². The van der Waals surface area contributed by atoms with Crippen LogP contribution >= 0.6 is 0 Å². The Kier molecular flexibility index (Phi) is 6.48. The fraction of sp³-hybridized carbons (Fsp3) is 0.267. The number of fused-ring (bicyclic) bond motifs is 1. The van der Waals surface area contributed by atoms with Gasteiger partial charge < -0.3 is 29.3 Å². The third-order valence-electron chi connectivity index (χ3n) is 6.26. The minimum Gasteiger partial charge on any atom is -0.508 e. The summed E-state index contributed by atoms with van der Waals surface area (Å²) in [6.07, 6.45) is 0. The zero-order valence-electron chi connectivity index (χ0n) is 21.4. The summed E-state index contributed by atoms with van der Waals surface area (Å²) in [5.41, 5.74) is 1.31. The maximum atomic E-state index is 13.3. The second-order valence-corrected chi connectivity index (χ2v) is 10.2. The summed E-state index contributed by atoms with van der Waals surface area (Å²) >= 11 is 0. The molecule has 2 heterocycles. The Bertz CT molecular complexity index is 1400. The van der Waals surface area contributed by atoms with Gasteiger partial charge in [-0.15, -0.1) is 0 Å². The van der Waals surface area contributed by atoms with E-state index in [1.54, 1.807) is 30.3 Å². The predicted octanol–water partition coefficient (Wildman–Crippen LogP) is 4.96. The molecule has 2 aliphatic rings. The fourth-order valence-corrected chi connectivity index (χ4v) is 4.61. The van der Waals surface area contributed by atoms with Gasteiger partial charge >= 0.3 is 0 Å². The van der Waals surface area contributed by atoms with Crippen LogP contribution in [0, 0.1) is 0 Å². The van der Waals surface area contributed by atoms with E-state index in [1.165, 1.54) is 17.0 Å². The molecule has 0 radical (unpaired) electrons. The van der Waals surface area contributed by atoms with Gasteiger partial charge in [0.2, 0.25) is 0 Å². The number of nitrogens with zero attached hydrogens (tertiary/aromatic N) is 1. The molecule has 2 N–H and O–H groups in total. The van der Waals surface area contributed by atoms with Gasteiger partial charge in [0.15, 0.2) is 11.5 Å². The van der Waals surface area contributed by atoms with Crippen LogP contribution in [0.25, 0.3) is 5.76 Å². The Labute approximate surface area is 220 Å². The highest BCUT2D eigenvalue weighted by molar-refractivity contribution is 6.46. The minimum atomic E-state index is -0.866. The number of rotatable bonds is 5. The lowest BCUT2D eigenvalue weighted by Gasteiger charge is -2.26. The number of likely N-dealkylation sites (tertiary alicyclic amines) is 1. The summed E-state index contributed by atoms with van der Waals surface area (Å²) in [6.45, 7) is 6.80. The SMILES string of the molecule is CC(C)(C)Oc1ccc(CN2C(=O)C(=O)/C(=C(\O)c3ccc4c(c3)OCCO4)C2c2ccc(O)cc2)cc1. The highest BCUT2D eigenvalue weighted by Gasteiger charge is 2.46. The number of phenolic OH excluding ortho intramolecular Hbond substituents is 1. The standard InChI is InChI=1S/C30H29NO7/c1-30(2,3)38-22-11-4-18(5-12-22)17-31-26(19-6-9-21(32)10-7-19)25(28(34)29(31)35)27(33)20-8-13-23-24(16-20)37-15-14-36-23/h4-13,16,26,32-33H,14-15,17H2,1-3H3/b27-25-. The number of hydrogen-bond acceptors (Lipinski definition) is 7. The fourth-order valence-electron chi connectivity index (χ4n) is 4.61. The number of amides is 1. The van der Waals surface area contributed by atoms with Crippen molar-refractivity contribution in [2.45, 2.75) is 39.0 Å². The molecule has 0 aromatic heterocycles. The first-order chi connectivity index (χ1) is 18.1. The number of carbonyl (C=O) groups is 2. The van der Waals surface area contributed by atoms with Crippen LogP contribution < -0.4 is 14.2 Å². The second-order valence-electron chi connectivity index (χ2n) is 10.2. The summed E-state index contributed by atoms with van der Waals surface area (Å²) in [5.74, 6) is -0.0883. The maximum absolute atomic E-state index is 13.3. The topological polar surface area (TPSA) is 106 Å². The van der Waals surface area contributed by atoms with Crippen molar-refractivity contribution < 1.29 is 34.0 Å². The highest BCUT2D eigenvalue weighted by Crippen LogP contribution is 2.42. The minimum absolute atomic E-state index is 0.0370. The first kappa shape index (κ1) is 25.2. The van der Waals surface area contributed by atoms with Gasteiger partial charge in [-0.05, 0) is 74.4 Å². The van der Waals surface area contributed by atoms with Crippen molar-refractivity contribution >= 4 is 17.4 Å². The van der Waals surface area contributed by atoms with Crippen LogP contribution in [0.15, 0.2) is 72.3 Å². The molecule has 8 heteroatoms. The zero-order valence-corrected chi connectivity index (χ0v) is 21.4. The lowest BCUT2D eigenvalue weighted by Crippen LogP contribution is -2.29. The third kappa shape index (κ3) is 5.02. The lowest BCUT2D eigenvalue weighted by atomic mass is 9.95. The van der Waals surface area contributed by atoms with E-state index >= 15 is 0 Å². The average Bonchev–Trinajstić information content (AvgIpc) is 3.13. The zero-order chi connectivity index (χ0) is 27.0. The molecule has 196 valence electrons. The van der Waals surface area contributed by atoms with Crippen LogP contribution in [0.5, 0.6) is 23.0 Å². The Hall–Kier alpha value is -4.46. The van der Waals surface area contributed by atoms with Gasteiger partial charge in [-0.2, -0.15) is 0 Å². The molecule has 1 unspecified atom stereocenters. The molecule has 38 heavy (non-hydrogen) atoms. The molecular weight excluding hydrogens is 486 g/mol. The molecule has 8 nitrogen and oxygen atoms in total. The van der Waals surface area contributed by atoms with Crippen molar-refractivity contribution in [2.75, 3.05) is 13.2 Å². The first-order valence-electron chi connectivity index (χ1n) is 12.4. The molecule has 1 amide bonds. The van der Waals surface area contributed by atoms with Crippen molar-refractivity contribution in [3.63, 3.8) is 0 Å². The number of Topliss-reactive ketones (excluding diaryl/α,β-unsaturated/α-hetero) is 1. The van der Waals surface area contributed by atoms with Crippen LogP contribution in [0.3, 0.4) is 0 Å². The quantitative estimate of drug-likeness (QED) is 0.281. The smallest absolute Gasteiger partial charge is 0.295 e. The summed E-state index contributed by atoms with van der Waals surface area (Å²) in [7, 11) is 0. The first-order valence-corrected chi connectivity index (χ1v) is 12.4. The molecule has 3 aromatic carbocycles. The van der Waals surface area contributed by atoms with E-state index in [9.17, 15) is 19.8 Å². The number of aliphatic hydroxyl groups excluding tert-OH is 1. The molecule has 0 spiro atoms. The molecule has 2 aliphatic heterocycles. The summed E-state index contributed by atoms with van der Waals surface area (Å²) in [4.78, 5) is 28.1. The van der Waals surface area contributed by atoms with Gasteiger partial charge in [0.1, 0.15) is 36.1 Å². The van der Waals surface area contributed by atoms with E-state index in [0.29, 0.717) is 41.6 Å². The molecule has 0 aliphatic carbocycles. The summed E-state index contributed by atoms with van der Waals surface area (Å²) < 4.78 is 17.1. The second kappa shape index (κ2) is 9.78. The van der Waals surface area contributed by atoms with Gasteiger partial charge in [-0.3, -0.25) is 9.59 Å². The molecule has 3 aromatic rings. The highest BCUT2D eigenvalue weighted by atomic mass is 16.6. The molecule has 0 saturated carbocycles. The summed E-state index contributed by atoms with van der Waals surface area (Å²) in [5, 5.41) is 21.2. The van der Waals surface area contributed by atoms with E-state index in [-0.39, 0.29) is 29.2 Å². The van der Waals surface area contributed by atoms with Gasteiger partial charge in [-0.25, -0.2) is 0 Å². The van der Waals surface area contributed by atoms with Gasteiger partial charge in [-0.1, -0.05) is 24.3 Å². The van der Waals surface area contributed by atoms with Gasteiger partial charge in [0, 0.05) is 12.1 Å². The normalized spacial score (nSPS) is 18.5. The Balaban J connectivity index is 1.54. The Morgan fingerprint density at radius 2 is 1.61 bits per heavy atom. The molecular formula is C30H29NO7.